The number of benzene rings is 1. The van der Waals surface area contributed by atoms with Crippen LogP contribution >= 0.6 is 0 Å². The van der Waals surface area contributed by atoms with Gasteiger partial charge in [0.05, 0.1) is 12.6 Å². The molecule has 10 heteroatoms. The molecule has 1 aromatic heterocycles. The fourth-order valence-electron chi connectivity index (χ4n) is 2.90. The predicted octanol–water partition coefficient (Wildman–Crippen LogP) is 1.71. The van der Waals surface area contributed by atoms with Gasteiger partial charge in [-0.15, -0.1) is 5.10 Å². The zero-order valence-electron chi connectivity index (χ0n) is 15.5. The van der Waals surface area contributed by atoms with Gasteiger partial charge in [-0.05, 0) is 17.7 Å². The van der Waals surface area contributed by atoms with Crippen LogP contribution in [0.5, 0.6) is 0 Å². The lowest BCUT2D eigenvalue weighted by Gasteiger charge is -2.21. The van der Waals surface area contributed by atoms with Crippen LogP contribution in [0.15, 0.2) is 65.8 Å². The van der Waals surface area contributed by atoms with Crippen molar-refractivity contribution in [3.63, 3.8) is 0 Å². The third kappa shape index (κ3) is 4.37. The summed E-state index contributed by atoms with van der Waals surface area (Å²) in [6.07, 6.45) is 7.50. The molecule has 4 rings (SSSR count). The van der Waals surface area contributed by atoms with Gasteiger partial charge < -0.3 is 5.32 Å². The van der Waals surface area contributed by atoms with Crippen LogP contribution in [0.2, 0.25) is 0 Å². The highest BCUT2D eigenvalue weighted by Gasteiger charge is 2.38. The standard InChI is InChI=1S/C19H19F2N7O/c1-19(20,21)15-9-16-22-10-14(7-8-28(16)25-15)24-18(29)17-23-12-27(26-17)11-13-5-3-2-4-6-13/h2-10,12,14-15,25H,11H2,1H3,(H,24,29). The lowest BCUT2D eigenvalue weighted by Crippen LogP contribution is -2.43. The molecule has 2 aromatic rings. The third-order valence-corrected chi connectivity index (χ3v) is 4.42. The minimum atomic E-state index is -2.92. The Morgan fingerprint density at radius 3 is 2.86 bits per heavy atom. The van der Waals surface area contributed by atoms with Crippen LogP contribution in [0, 0.1) is 0 Å². The van der Waals surface area contributed by atoms with Crippen LogP contribution in [0.4, 0.5) is 8.78 Å². The number of rotatable bonds is 5. The van der Waals surface area contributed by atoms with Crippen molar-refractivity contribution >= 4 is 12.1 Å². The molecule has 0 aliphatic carbocycles. The van der Waals surface area contributed by atoms with E-state index in [4.69, 9.17) is 0 Å². The maximum atomic E-state index is 13.5. The fourth-order valence-corrected chi connectivity index (χ4v) is 2.90. The lowest BCUT2D eigenvalue weighted by atomic mass is 10.2. The molecule has 0 saturated carbocycles. The summed E-state index contributed by atoms with van der Waals surface area (Å²) in [6, 6.07) is 8.04. The summed E-state index contributed by atoms with van der Waals surface area (Å²) in [5, 5.41) is 8.34. The van der Waals surface area contributed by atoms with E-state index in [0.717, 1.165) is 12.5 Å². The summed E-state index contributed by atoms with van der Waals surface area (Å²) in [4.78, 5) is 20.7. The Bertz CT molecular complexity index is 978. The Morgan fingerprint density at radius 1 is 1.31 bits per heavy atom. The van der Waals surface area contributed by atoms with Crippen molar-refractivity contribution in [1.82, 2.24) is 30.5 Å². The van der Waals surface area contributed by atoms with Crippen LogP contribution < -0.4 is 10.7 Å². The Hall–Kier alpha value is -3.40. The number of hydrogen-bond acceptors (Lipinski definition) is 6. The number of aliphatic imine (C=N–C) groups is 1. The first-order valence-electron chi connectivity index (χ1n) is 9.00. The Morgan fingerprint density at radius 2 is 2.10 bits per heavy atom. The molecule has 0 radical (unpaired) electrons. The molecule has 1 aromatic carbocycles. The van der Waals surface area contributed by atoms with E-state index < -0.39 is 23.9 Å². The summed E-state index contributed by atoms with van der Waals surface area (Å²) < 4.78 is 28.5. The minimum Gasteiger partial charge on any atom is -0.338 e. The van der Waals surface area contributed by atoms with Crippen molar-refractivity contribution in [2.75, 3.05) is 0 Å². The lowest BCUT2D eigenvalue weighted by molar-refractivity contribution is -0.0104. The predicted molar refractivity (Wildman–Crippen MR) is 102 cm³/mol. The van der Waals surface area contributed by atoms with Crippen molar-refractivity contribution in [2.45, 2.75) is 31.5 Å². The van der Waals surface area contributed by atoms with Gasteiger partial charge in [0.2, 0.25) is 5.82 Å². The summed E-state index contributed by atoms with van der Waals surface area (Å²) in [5.41, 5.74) is 3.70. The van der Waals surface area contributed by atoms with Crippen LogP contribution in [0.1, 0.15) is 23.1 Å². The van der Waals surface area contributed by atoms with Crippen molar-refractivity contribution in [1.29, 1.82) is 0 Å². The van der Waals surface area contributed by atoms with E-state index in [1.807, 2.05) is 30.3 Å². The topological polar surface area (TPSA) is 87.4 Å². The smallest absolute Gasteiger partial charge is 0.291 e. The first kappa shape index (κ1) is 18.9. The van der Waals surface area contributed by atoms with Gasteiger partial charge in [-0.3, -0.25) is 9.80 Å². The number of nitrogens with one attached hydrogen (secondary N) is 2. The maximum Gasteiger partial charge on any atom is 0.291 e. The molecule has 2 N–H and O–H groups in total. The number of carbonyl (C=O) groups is 1. The SMILES string of the molecule is CC(F)(F)C1C=C2N=CC(NC(=O)c3ncn(Cc4ccccc4)n3)C=CN2N1. The van der Waals surface area contributed by atoms with Gasteiger partial charge in [-0.1, -0.05) is 30.3 Å². The number of carbonyl (C=O) groups excluding carboxylic acids is 1. The first-order valence-corrected chi connectivity index (χ1v) is 9.00. The summed E-state index contributed by atoms with van der Waals surface area (Å²) in [5.74, 6) is -2.99. The van der Waals surface area contributed by atoms with Crippen molar-refractivity contribution < 1.29 is 13.6 Å². The number of aromatic nitrogens is 3. The maximum absolute atomic E-state index is 13.5. The quantitative estimate of drug-likeness (QED) is 0.799. The molecule has 0 bridgehead atoms. The molecule has 2 unspecified atom stereocenters. The van der Waals surface area contributed by atoms with Gasteiger partial charge in [0, 0.05) is 19.3 Å². The molecule has 2 aliphatic heterocycles. The molecule has 3 heterocycles. The zero-order valence-corrected chi connectivity index (χ0v) is 15.5. The molecule has 0 saturated heterocycles. The molecule has 0 spiro atoms. The van der Waals surface area contributed by atoms with E-state index >= 15 is 0 Å². The molecule has 150 valence electrons. The number of fused-ring (bicyclic) bond motifs is 1. The zero-order chi connectivity index (χ0) is 20.4. The molecule has 2 aliphatic rings. The molecular formula is C19H19F2N7O. The van der Waals surface area contributed by atoms with Gasteiger partial charge in [0.1, 0.15) is 18.2 Å². The van der Waals surface area contributed by atoms with Crippen LogP contribution in [0.25, 0.3) is 0 Å². The Balaban J connectivity index is 1.39. The van der Waals surface area contributed by atoms with Crippen molar-refractivity contribution in [3.8, 4) is 0 Å². The molecule has 2 atom stereocenters. The number of amides is 1. The van der Waals surface area contributed by atoms with E-state index in [0.29, 0.717) is 12.4 Å². The minimum absolute atomic E-state index is 0.0375. The highest BCUT2D eigenvalue weighted by Crippen LogP contribution is 2.26. The normalized spacial score (nSPS) is 20.9. The first-order chi connectivity index (χ1) is 13.9. The third-order valence-electron chi connectivity index (χ3n) is 4.42. The average Bonchev–Trinajstić information content (AvgIpc) is 3.28. The van der Waals surface area contributed by atoms with Gasteiger partial charge in [0.15, 0.2) is 0 Å². The summed E-state index contributed by atoms with van der Waals surface area (Å²) >= 11 is 0. The van der Waals surface area contributed by atoms with E-state index in [1.54, 1.807) is 17.0 Å². The second-order valence-corrected chi connectivity index (χ2v) is 6.83. The largest absolute Gasteiger partial charge is 0.338 e. The van der Waals surface area contributed by atoms with E-state index in [9.17, 15) is 13.6 Å². The number of alkyl halides is 2. The Labute approximate surface area is 165 Å². The van der Waals surface area contributed by atoms with Crippen LogP contribution in [-0.2, 0) is 6.54 Å². The molecular weight excluding hydrogens is 380 g/mol. The monoisotopic (exact) mass is 399 g/mol. The van der Waals surface area contributed by atoms with E-state index in [1.165, 1.54) is 23.6 Å². The Kier molecular flexibility index (Phi) is 4.93. The van der Waals surface area contributed by atoms with Crippen molar-refractivity contribution in [3.05, 3.63) is 72.2 Å². The van der Waals surface area contributed by atoms with Crippen LogP contribution in [0.3, 0.4) is 0 Å². The second-order valence-electron chi connectivity index (χ2n) is 6.83. The van der Waals surface area contributed by atoms with Gasteiger partial charge in [0.25, 0.3) is 11.8 Å². The van der Waals surface area contributed by atoms with Gasteiger partial charge >= 0.3 is 0 Å². The van der Waals surface area contributed by atoms with Gasteiger partial charge in [-0.25, -0.2) is 28.9 Å². The van der Waals surface area contributed by atoms with Gasteiger partial charge in [-0.2, -0.15) is 0 Å². The number of halogens is 2. The highest BCUT2D eigenvalue weighted by atomic mass is 19.3. The number of hydrazine groups is 1. The average molecular weight is 399 g/mol. The molecule has 8 nitrogen and oxygen atoms in total. The van der Waals surface area contributed by atoms with Crippen LogP contribution in [-0.4, -0.2) is 49.9 Å². The number of nitrogens with zero attached hydrogens (tertiary/aromatic N) is 5. The number of hydrogen-bond donors (Lipinski definition) is 2. The molecule has 0 fully saturated rings. The second kappa shape index (κ2) is 7.55. The summed E-state index contributed by atoms with van der Waals surface area (Å²) in [7, 11) is 0. The summed E-state index contributed by atoms with van der Waals surface area (Å²) in [6.45, 7) is 1.35. The van der Waals surface area contributed by atoms with E-state index in [2.05, 4.69) is 25.8 Å². The highest BCUT2D eigenvalue weighted by molar-refractivity contribution is 5.93. The molecule has 1 amide bonds. The van der Waals surface area contributed by atoms with Crippen molar-refractivity contribution in [2.24, 2.45) is 4.99 Å². The van der Waals surface area contributed by atoms with E-state index in [-0.39, 0.29) is 5.82 Å². The fraction of sp³-hybridized carbons (Fsp3) is 0.263. The molecule has 29 heavy (non-hydrogen) atoms.